The van der Waals surface area contributed by atoms with Crippen molar-refractivity contribution < 1.29 is 27.1 Å². The maximum Gasteiger partial charge on any atom is 0.303 e. The van der Waals surface area contributed by atoms with Crippen LogP contribution in [0.25, 0.3) is 22.0 Å². The van der Waals surface area contributed by atoms with Crippen LogP contribution < -0.4 is 10.5 Å². The van der Waals surface area contributed by atoms with Gasteiger partial charge in [0.15, 0.2) is 9.84 Å². The molecule has 1 atom stereocenters. The first-order valence-electron chi connectivity index (χ1n) is 11.4. The molecule has 2 aromatic heterocycles. The van der Waals surface area contributed by atoms with Crippen LogP contribution in [0.2, 0.25) is 0 Å². The van der Waals surface area contributed by atoms with Crippen molar-refractivity contribution in [2.24, 2.45) is 7.05 Å². The third-order valence-corrected chi connectivity index (χ3v) is 7.41. The van der Waals surface area contributed by atoms with Crippen molar-refractivity contribution in [2.75, 3.05) is 11.2 Å². The van der Waals surface area contributed by atoms with Gasteiger partial charge in [-0.1, -0.05) is 6.07 Å². The van der Waals surface area contributed by atoms with Crippen LogP contribution in [0, 0.1) is 11.6 Å². The highest BCUT2D eigenvalue weighted by molar-refractivity contribution is 7.89. The zero-order valence-corrected chi connectivity index (χ0v) is 20.8. The molecule has 11 heteroatoms. The number of aromatic nitrogens is 2. The molecule has 3 heterocycles. The minimum Gasteiger partial charge on any atom is -0.481 e. The van der Waals surface area contributed by atoms with E-state index in [1.807, 2.05) is 0 Å². The monoisotopic (exact) mass is 527 g/mol. The summed E-state index contributed by atoms with van der Waals surface area (Å²) in [6.07, 6.45) is 4.16. The van der Waals surface area contributed by atoms with Crippen molar-refractivity contribution in [3.05, 3.63) is 81.9 Å². The van der Waals surface area contributed by atoms with Crippen LogP contribution in [0.15, 0.2) is 53.6 Å². The first-order chi connectivity index (χ1) is 17.4. The number of pyridine rings is 1. The smallest absolute Gasteiger partial charge is 0.303 e. The second-order valence-electron chi connectivity index (χ2n) is 9.29. The molecule has 0 bridgehead atoms. The minimum atomic E-state index is -3.38. The number of aromatic amines is 1. The van der Waals surface area contributed by atoms with Crippen LogP contribution in [-0.4, -0.2) is 35.3 Å². The SMILES string of the molecule is Cn1cc2c3c(c[nH]c3c1=O)C(CCC(=O)O)N(c1ccc(F)cc1F)c1ccc(CS(C)(=O)=O)cc1-2. The third kappa shape index (κ3) is 4.39. The summed E-state index contributed by atoms with van der Waals surface area (Å²) in [5.74, 6) is -2.90. The quantitative estimate of drug-likeness (QED) is 0.384. The molecule has 1 aliphatic heterocycles. The lowest BCUT2D eigenvalue weighted by Crippen LogP contribution is -2.25. The zero-order chi connectivity index (χ0) is 26.6. The van der Waals surface area contributed by atoms with E-state index in [9.17, 15) is 27.5 Å². The summed E-state index contributed by atoms with van der Waals surface area (Å²) in [4.78, 5) is 29.1. The van der Waals surface area contributed by atoms with Crippen LogP contribution in [0.3, 0.4) is 0 Å². The second kappa shape index (κ2) is 8.84. The number of hydrogen-bond donors (Lipinski definition) is 2. The number of fused-ring (bicyclic) bond motifs is 2. The Morgan fingerprint density at radius 3 is 2.51 bits per heavy atom. The number of nitrogens with one attached hydrogen (secondary N) is 1. The number of aryl methyl sites for hydroxylation is 1. The normalized spacial score (nSPS) is 15.0. The molecule has 4 aromatic rings. The number of H-pyrrole nitrogens is 1. The van der Waals surface area contributed by atoms with E-state index in [-0.39, 0.29) is 35.4 Å². The van der Waals surface area contributed by atoms with E-state index in [1.165, 1.54) is 10.6 Å². The Kier molecular flexibility index (Phi) is 5.90. The number of benzene rings is 2. The van der Waals surface area contributed by atoms with Crippen LogP contribution in [-0.2, 0) is 27.4 Å². The van der Waals surface area contributed by atoms with Gasteiger partial charge in [0.1, 0.15) is 17.2 Å². The molecule has 1 unspecified atom stereocenters. The molecule has 2 N–H and O–H groups in total. The molecule has 0 saturated heterocycles. The van der Waals surface area contributed by atoms with Gasteiger partial charge in [-0.2, -0.15) is 0 Å². The van der Waals surface area contributed by atoms with E-state index in [0.29, 0.717) is 33.3 Å². The molecule has 37 heavy (non-hydrogen) atoms. The van der Waals surface area contributed by atoms with Gasteiger partial charge in [-0.15, -0.1) is 0 Å². The molecule has 192 valence electrons. The fourth-order valence-electron chi connectivity index (χ4n) is 5.09. The minimum absolute atomic E-state index is 0.0165. The molecular formula is C26H23F2N3O5S. The summed E-state index contributed by atoms with van der Waals surface area (Å²) >= 11 is 0. The highest BCUT2D eigenvalue weighted by Crippen LogP contribution is 2.50. The average Bonchev–Trinajstić information content (AvgIpc) is 3.20. The fourth-order valence-corrected chi connectivity index (χ4v) is 5.87. The van der Waals surface area contributed by atoms with Gasteiger partial charge in [0.25, 0.3) is 5.56 Å². The molecule has 0 radical (unpaired) electrons. The van der Waals surface area contributed by atoms with E-state index in [1.54, 1.807) is 42.5 Å². The number of hydrogen-bond acceptors (Lipinski definition) is 5. The van der Waals surface area contributed by atoms with Crippen molar-refractivity contribution in [1.29, 1.82) is 0 Å². The van der Waals surface area contributed by atoms with Crippen LogP contribution in [0.1, 0.15) is 30.0 Å². The van der Waals surface area contributed by atoms with Gasteiger partial charge >= 0.3 is 5.97 Å². The number of sulfone groups is 1. The van der Waals surface area contributed by atoms with Gasteiger partial charge < -0.3 is 19.6 Å². The van der Waals surface area contributed by atoms with Crippen molar-refractivity contribution in [3.8, 4) is 11.1 Å². The lowest BCUT2D eigenvalue weighted by molar-refractivity contribution is -0.137. The maximum atomic E-state index is 15.3. The molecule has 1 aliphatic rings. The first-order valence-corrected chi connectivity index (χ1v) is 13.5. The molecule has 0 spiro atoms. The van der Waals surface area contributed by atoms with Gasteiger partial charge in [0, 0.05) is 65.9 Å². The molecule has 5 rings (SSSR count). The predicted octanol–water partition coefficient (Wildman–Crippen LogP) is 4.41. The molecule has 0 amide bonds. The van der Waals surface area contributed by atoms with E-state index < -0.39 is 33.5 Å². The van der Waals surface area contributed by atoms with E-state index in [4.69, 9.17) is 0 Å². The summed E-state index contributed by atoms with van der Waals surface area (Å²) in [6, 6.07) is 7.36. The lowest BCUT2D eigenvalue weighted by Gasteiger charge is -2.34. The summed E-state index contributed by atoms with van der Waals surface area (Å²) in [6.45, 7) is 0. The highest BCUT2D eigenvalue weighted by Gasteiger charge is 2.34. The Labute approximate surface area is 210 Å². The van der Waals surface area contributed by atoms with Gasteiger partial charge in [-0.3, -0.25) is 9.59 Å². The average molecular weight is 528 g/mol. The van der Waals surface area contributed by atoms with Crippen molar-refractivity contribution in [2.45, 2.75) is 24.6 Å². The van der Waals surface area contributed by atoms with Gasteiger partial charge in [0.2, 0.25) is 0 Å². The molecule has 8 nitrogen and oxygen atoms in total. The second-order valence-corrected chi connectivity index (χ2v) is 11.4. The van der Waals surface area contributed by atoms with Gasteiger partial charge in [-0.05, 0) is 36.2 Å². The Morgan fingerprint density at radius 1 is 1.11 bits per heavy atom. The first kappa shape index (κ1) is 24.7. The molecule has 0 aliphatic carbocycles. The summed E-state index contributed by atoms with van der Waals surface area (Å²) in [5, 5.41) is 10.0. The van der Waals surface area contributed by atoms with Crippen molar-refractivity contribution in [3.63, 3.8) is 0 Å². The molecule has 2 aromatic carbocycles. The van der Waals surface area contributed by atoms with Crippen LogP contribution in [0.4, 0.5) is 20.2 Å². The highest BCUT2D eigenvalue weighted by atomic mass is 32.2. The van der Waals surface area contributed by atoms with Crippen LogP contribution >= 0.6 is 0 Å². The molecule has 0 fully saturated rings. The fraction of sp³-hybridized carbons (Fsp3) is 0.231. The van der Waals surface area contributed by atoms with Crippen LogP contribution in [0.5, 0.6) is 0 Å². The summed E-state index contributed by atoms with van der Waals surface area (Å²) < 4.78 is 54.6. The van der Waals surface area contributed by atoms with Crippen molar-refractivity contribution >= 4 is 38.1 Å². The zero-order valence-electron chi connectivity index (χ0n) is 20.0. The topological polar surface area (TPSA) is 112 Å². The number of anilines is 2. The largest absolute Gasteiger partial charge is 0.481 e. The Morgan fingerprint density at radius 2 is 1.84 bits per heavy atom. The number of halogens is 2. The van der Waals surface area contributed by atoms with Gasteiger partial charge in [-0.25, -0.2) is 17.2 Å². The standard InChI is InChI=1S/C26H23F2N3O5S/c1-30-12-18-16-9-14(13-37(2,35)36)3-5-20(16)31(22-6-4-15(27)10-19(22)28)21(7-8-23(32)33)17-11-29-25(24(17)18)26(30)34/h3-6,9-12,21,29H,7-8,13H2,1-2H3,(H,32,33). The Balaban J connectivity index is 1.89. The van der Waals surface area contributed by atoms with E-state index in [2.05, 4.69) is 4.98 Å². The number of carboxylic acid groups (broad SMARTS) is 1. The predicted molar refractivity (Wildman–Crippen MR) is 136 cm³/mol. The number of carbonyl (C=O) groups is 1. The molecule has 0 saturated carbocycles. The third-order valence-electron chi connectivity index (χ3n) is 6.55. The Hall–Kier alpha value is -3.99. The number of aliphatic carboxylic acids is 1. The lowest BCUT2D eigenvalue weighted by atomic mass is 9.97. The summed E-state index contributed by atoms with van der Waals surface area (Å²) in [5.41, 5.74) is 2.66. The summed E-state index contributed by atoms with van der Waals surface area (Å²) in [7, 11) is -1.79. The molecular weight excluding hydrogens is 504 g/mol. The van der Waals surface area contributed by atoms with Crippen molar-refractivity contribution in [1.82, 2.24) is 9.55 Å². The number of rotatable bonds is 6. The van der Waals surface area contributed by atoms with E-state index in [0.717, 1.165) is 18.4 Å². The van der Waals surface area contributed by atoms with E-state index >= 15 is 4.39 Å². The number of carboxylic acids is 1. The number of nitrogens with zero attached hydrogens (tertiary/aromatic N) is 2. The van der Waals surface area contributed by atoms with Gasteiger partial charge in [0.05, 0.1) is 17.5 Å². The Bertz CT molecular complexity index is 1740. The maximum absolute atomic E-state index is 15.3.